The molecule has 2 saturated heterocycles. The van der Waals surface area contributed by atoms with Gasteiger partial charge in [0.15, 0.2) is 0 Å². The topological polar surface area (TPSA) is 60.8 Å². The molecule has 19 heavy (non-hydrogen) atoms. The van der Waals surface area contributed by atoms with E-state index in [1.54, 1.807) is 18.2 Å². The predicted octanol–water partition coefficient (Wildman–Crippen LogP) is 2.04. The van der Waals surface area contributed by atoms with Gasteiger partial charge in [0, 0.05) is 18.0 Å². The van der Waals surface area contributed by atoms with Crippen LogP contribution >= 0.6 is 0 Å². The maximum absolute atomic E-state index is 11.6. The second-order valence-corrected chi connectivity index (χ2v) is 5.77. The van der Waals surface area contributed by atoms with Crippen LogP contribution in [0.25, 0.3) is 0 Å². The van der Waals surface area contributed by atoms with E-state index in [0.29, 0.717) is 12.5 Å². The summed E-state index contributed by atoms with van der Waals surface area (Å²) in [6, 6.07) is 7.76. The van der Waals surface area contributed by atoms with Gasteiger partial charge in [0.2, 0.25) is 0 Å². The number of hydrogen-bond acceptors (Lipinski definition) is 3. The van der Waals surface area contributed by atoms with Crippen molar-refractivity contribution in [2.24, 2.45) is 5.92 Å². The van der Waals surface area contributed by atoms with Crippen LogP contribution < -0.4 is 0 Å². The average Bonchev–Trinajstić information content (AvgIpc) is 2.62. The highest BCUT2D eigenvalue weighted by Crippen LogP contribution is 2.47. The van der Waals surface area contributed by atoms with Gasteiger partial charge in [-0.3, -0.25) is 9.69 Å². The third-order valence-corrected chi connectivity index (χ3v) is 4.84. The highest BCUT2D eigenvalue weighted by molar-refractivity contribution is 5.72. The minimum Gasteiger partial charge on any atom is -0.508 e. The number of hydrogen-bond donors (Lipinski definition) is 2. The molecule has 1 aromatic carbocycles. The van der Waals surface area contributed by atoms with Crippen molar-refractivity contribution in [3.8, 4) is 5.75 Å². The number of carboxylic acid groups (broad SMARTS) is 1. The summed E-state index contributed by atoms with van der Waals surface area (Å²) in [5.74, 6) is -0.855. The lowest BCUT2D eigenvalue weighted by Crippen LogP contribution is -2.47. The lowest BCUT2D eigenvalue weighted by molar-refractivity contribution is -0.145. The molecule has 4 heteroatoms. The highest BCUT2D eigenvalue weighted by atomic mass is 16.4. The summed E-state index contributed by atoms with van der Waals surface area (Å²) in [6.07, 6.45) is 2.84. The third kappa shape index (κ3) is 2.00. The van der Waals surface area contributed by atoms with E-state index >= 15 is 0 Å². The van der Waals surface area contributed by atoms with Crippen LogP contribution in [0.5, 0.6) is 5.75 Å². The Kier molecular flexibility index (Phi) is 2.97. The van der Waals surface area contributed by atoms with Crippen molar-refractivity contribution in [3.05, 3.63) is 29.8 Å². The van der Waals surface area contributed by atoms with Crippen LogP contribution in [0.4, 0.5) is 0 Å². The first kappa shape index (κ1) is 12.5. The van der Waals surface area contributed by atoms with E-state index in [-0.39, 0.29) is 23.6 Å². The minimum absolute atomic E-state index is 0.0200. The van der Waals surface area contributed by atoms with Crippen molar-refractivity contribution in [2.75, 3.05) is 7.05 Å². The molecule has 1 aromatic rings. The van der Waals surface area contributed by atoms with Crippen LogP contribution in [0.2, 0.25) is 0 Å². The Morgan fingerprint density at radius 1 is 1.37 bits per heavy atom. The Balaban J connectivity index is 2.01. The van der Waals surface area contributed by atoms with E-state index < -0.39 is 5.97 Å². The number of fused-ring (bicyclic) bond motifs is 2. The summed E-state index contributed by atoms with van der Waals surface area (Å²) in [7, 11) is 2.09. The largest absolute Gasteiger partial charge is 0.508 e. The third-order valence-electron chi connectivity index (χ3n) is 4.84. The van der Waals surface area contributed by atoms with Crippen molar-refractivity contribution in [2.45, 2.75) is 37.3 Å². The van der Waals surface area contributed by atoms with Crippen LogP contribution in [0.15, 0.2) is 24.3 Å². The minimum atomic E-state index is -0.710. The number of nitrogens with zero attached hydrogens (tertiary/aromatic N) is 1. The van der Waals surface area contributed by atoms with Gasteiger partial charge < -0.3 is 10.2 Å². The number of benzene rings is 1. The SMILES string of the molecule is CN1[C@H]2CC[C@@H]1[C@@H](c1cccc(O)c1)[C@H](C(=O)O)C2. The molecule has 2 N–H and O–H groups in total. The quantitative estimate of drug-likeness (QED) is 0.855. The van der Waals surface area contributed by atoms with Crippen LogP contribution in [-0.4, -0.2) is 40.2 Å². The van der Waals surface area contributed by atoms with Crippen molar-refractivity contribution in [3.63, 3.8) is 0 Å². The van der Waals surface area contributed by atoms with Crippen molar-refractivity contribution < 1.29 is 15.0 Å². The van der Waals surface area contributed by atoms with Gasteiger partial charge in [0.1, 0.15) is 5.75 Å². The first-order valence-electron chi connectivity index (χ1n) is 6.81. The summed E-state index contributed by atoms with van der Waals surface area (Å²) in [4.78, 5) is 13.9. The number of phenols is 1. The van der Waals surface area contributed by atoms with Crippen LogP contribution in [0, 0.1) is 5.92 Å². The number of carboxylic acids is 1. The molecule has 3 rings (SSSR count). The Bertz CT molecular complexity index is 502. The number of rotatable bonds is 2. The monoisotopic (exact) mass is 261 g/mol. The molecule has 0 saturated carbocycles. The number of carbonyl (C=O) groups is 1. The van der Waals surface area contributed by atoms with Gasteiger partial charge in [0.25, 0.3) is 0 Å². The fourth-order valence-corrected chi connectivity index (χ4v) is 3.91. The fourth-order valence-electron chi connectivity index (χ4n) is 3.91. The standard InChI is InChI=1S/C15H19NO3/c1-16-10-5-6-13(16)14(12(8-10)15(18)19)9-3-2-4-11(17)7-9/h2-4,7,10,12-14,17H,5-6,8H2,1H3,(H,18,19)/t10-,12+,13+,14-/m0/s1. The summed E-state index contributed by atoms with van der Waals surface area (Å²) < 4.78 is 0. The molecule has 2 heterocycles. The van der Waals surface area contributed by atoms with Crippen LogP contribution in [0.3, 0.4) is 0 Å². The Hall–Kier alpha value is -1.55. The molecule has 0 amide bonds. The first-order chi connectivity index (χ1) is 9.08. The summed E-state index contributed by atoms with van der Waals surface area (Å²) >= 11 is 0. The smallest absolute Gasteiger partial charge is 0.307 e. The summed E-state index contributed by atoms with van der Waals surface area (Å²) in [5, 5.41) is 19.2. The molecule has 4 atom stereocenters. The first-order valence-corrected chi connectivity index (χ1v) is 6.81. The van der Waals surface area contributed by atoms with Gasteiger partial charge in [-0.2, -0.15) is 0 Å². The number of likely N-dealkylation sites (N-methyl/N-ethyl adjacent to an activating group) is 1. The van der Waals surface area contributed by atoms with E-state index in [9.17, 15) is 15.0 Å². The zero-order chi connectivity index (χ0) is 13.6. The molecule has 0 spiro atoms. The highest BCUT2D eigenvalue weighted by Gasteiger charge is 2.48. The van der Waals surface area contributed by atoms with Gasteiger partial charge >= 0.3 is 5.97 Å². The number of phenolic OH excluding ortho intramolecular Hbond substituents is 1. The van der Waals surface area contributed by atoms with Gasteiger partial charge in [0.05, 0.1) is 5.92 Å². The molecule has 2 bridgehead atoms. The Morgan fingerprint density at radius 3 is 2.84 bits per heavy atom. The van der Waals surface area contributed by atoms with E-state index in [4.69, 9.17) is 0 Å². The van der Waals surface area contributed by atoms with Crippen LogP contribution in [0.1, 0.15) is 30.7 Å². The molecule has 0 aromatic heterocycles. The normalized spacial score (nSPS) is 34.4. The van der Waals surface area contributed by atoms with E-state index in [1.807, 2.05) is 6.07 Å². The van der Waals surface area contributed by atoms with Crippen molar-refractivity contribution in [1.82, 2.24) is 4.90 Å². The molecule has 2 fully saturated rings. The summed E-state index contributed by atoms with van der Waals surface area (Å²) in [5.41, 5.74) is 0.949. The number of piperidine rings is 1. The Morgan fingerprint density at radius 2 is 2.16 bits per heavy atom. The predicted molar refractivity (Wildman–Crippen MR) is 71.2 cm³/mol. The maximum Gasteiger partial charge on any atom is 0.307 e. The zero-order valence-electron chi connectivity index (χ0n) is 11.0. The second-order valence-electron chi connectivity index (χ2n) is 5.77. The molecular formula is C15H19NO3. The van der Waals surface area contributed by atoms with Gasteiger partial charge in [-0.05, 0) is 44.0 Å². The van der Waals surface area contributed by atoms with Gasteiger partial charge in [-0.1, -0.05) is 12.1 Å². The summed E-state index contributed by atoms with van der Waals surface area (Å²) in [6.45, 7) is 0. The molecule has 102 valence electrons. The molecule has 0 radical (unpaired) electrons. The second kappa shape index (κ2) is 4.53. The zero-order valence-corrected chi connectivity index (χ0v) is 11.0. The molecule has 0 aliphatic carbocycles. The molecule has 0 unspecified atom stereocenters. The molecule has 2 aliphatic heterocycles. The number of aromatic hydroxyl groups is 1. The Labute approximate surface area is 112 Å². The molecule has 4 nitrogen and oxygen atoms in total. The molecule has 2 aliphatic rings. The van der Waals surface area contributed by atoms with Gasteiger partial charge in [-0.25, -0.2) is 0 Å². The fraction of sp³-hybridized carbons (Fsp3) is 0.533. The average molecular weight is 261 g/mol. The number of aliphatic carboxylic acids is 1. The molecular weight excluding hydrogens is 242 g/mol. The van der Waals surface area contributed by atoms with E-state index in [2.05, 4.69) is 11.9 Å². The lowest BCUT2D eigenvalue weighted by atomic mass is 9.76. The van der Waals surface area contributed by atoms with Crippen molar-refractivity contribution >= 4 is 5.97 Å². The van der Waals surface area contributed by atoms with Crippen molar-refractivity contribution in [1.29, 1.82) is 0 Å². The van der Waals surface area contributed by atoms with E-state index in [1.165, 1.54) is 0 Å². The van der Waals surface area contributed by atoms with Gasteiger partial charge in [-0.15, -0.1) is 0 Å². The van der Waals surface area contributed by atoms with E-state index in [0.717, 1.165) is 18.4 Å². The van der Waals surface area contributed by atoms with Crippen LogP contribution in [-0.2, 0) is 4.79 Å². The maximum atomic E-state index is 11.6. The lowest BCUT2D eigenvalue weighted by Gasteiger charge is -2.41.